The van der Waals surface area contributed by atoms with E-state index in [4.69, 9.17) is 5.73 Å². The molecule has 0 unspecified atom stereocenters. The lowest BCUT2D eigenvalue weighted by Gasteiger charge is -2.39. The molecule has 1 amide bonds. The minimum absolute atomic E-state index is 0.0214. The molecule has 1 aliphatic carbocycles. The number of rotatable bonds is 3. The number of nitrogens with one attached hydrogen (secondary N) is 1. The summed E-state index contributed by atoms with van der Waals surface area (Å²) in [6.45, 7) is 0.418. The summed E-state index contributed by atoms with van der Waals surface area (Å²) in [5.74, 6) is 0.0214. The Hall–Kier alpha value is -0.940. The first kappa shape index (κ1) is 11.5. The van der Waals surface area contributed by atoms with Crippen LogP contribution in [-0.2, 0) is 4.79 Å². The van der Waals surface area contributed by atoms with Gasteiger partial charge in [-0.15, -0.1) is 0 Å². The van der Waals surface area contributed by atoms with Crippen LogP contribution in [0.2, 0.25) is 0 Å². The molecule has 5 heteroatoms. The first-order valence-corrected chi connectivity index (χ1v) is 6.08. The molecule has 1 aromatic rings. The number of amides is 1. The minimum atomic E-state index is -0.345. The third-order valence-electron chi connectivity index (χ3n) is 3.20. The number of halogens is 1. The van der Waals surface area contributed by atoms with Gasteiger partial charge in [0.25, 0.3) is 0 Å². The van der Waals surface area contributed by atoms with Gasteiger partial charge in [0.05, 0.1) is 15.6 Å². The van der Waals surface area contributed by atoms with Crippen molar-refractivity contribution in [1.82, 2.24) is 4.98 Å². The summed E-state index contributed by atoms with van der Waals surface area (Å²) in [6, 6.07) is 1.77. The SMILES string of the molecule is NCC1(C(=O)Nc2ccncc2Br)CCC1. The number of hydrogen-bond donors (Lipinski definition) is 2. The van der Waals surface area contributed by atoms with Gasteiger partial charge in [-0.05, 0) is 34.8 Å². The fraction of sp³-hybridized carbons (Fsp3) is 0.455. The second-order valence-corrected chi connectivity index (χ2v) is 5.00. The van der Waals surface area contributed by atoms with Crippen LogP contribution in [0.25, 0.3) is 0 Å². The third kappa shape index (κ3) is 1.97. The van der Waals surface area contributed by atoms with Crippen LogP contribution in [0.15, 0.2) is 22.9 Å². The lowest BCUT2D eigenvalue weighted by molar-refractivity contribution is -0.129. The number of anilines is 1. The van der Waals surface area contributed by atoms with Crippen LogP contribution in [0.5, 0.6) is 0 Å². The molecule has 86 valence electrons. The molecule has 4 nitrogen and oxygen atoms in total. The molecular weight excluding hydrogens is 270 g/mol. The number of hydrogen-bond acceptors (Lipinski definition) is 3. The van der Waals surface area contributed by atoms with E-state index in [1.165, 1.54) is 0 Å². The summed E-state index contributed by atoms with van der Waals surface area (Å²) in [5.41, 5.74) is 6.08. The van der Waals surface area contributed by atoms with Crippen LogP contribution in [-0.4, -0.2) is 17.4 Å². The Morgan fingerprint density at radius 1 is 1.62 bits per heavy atom. The van der Waals surface area contributed by atoms with E-state index in [1.807, 2.05) is 0 Å². The molecule has 0 spiro atoms. The van der Waals surface area contributed by atoms with Crippen molar-refractivity contribution in [3.63, 3.8) is 0 Å². The topological polar surface area (TPSA) is 68.0 Å². The Labute approximate surface area is 103 Å². The minimum Gasteiger partial charge on any atom is -0.329 e. The molecule has 0 saturated heterocycles. The van der Waals surface area contributed by atoms with Crippen molar-refractivity contribution in [3.8, 4) is 0 Å². The summed E-state index contributed by atoms with van der Waals surface area (Å²) in [4.78, 5) is 16.0. The van der Waals surface area contributed by atoms with E-state index in [0.717, 1.165) is 29.4 Å². The smallest absolute Gasteiger partial charge is 0.231 e. The van der Waals surface area contributed by atoms with Crippen LogP contribution >= 0.6 is 15.9 Å². The van der Waals surface area contributed by atoms with Crippen LogP contribution in [0.1, 0.15) is 19.3 Å². The average molecular weight is 284 g/mol. The van der Waals surface area contributed by atoms with Gasteiger partial charge in [0.15, 0.2) is 0 Å². The zero-order valence-electron chi connectivity index (χ0n) is 8.87. The predicted octanol–water partition coefficient (Wildman–Crippen LogP) is 1.91. The third-order valence-corrected chi connectivity index (χ3v) is 3.84. The van der Waals surface area contributed by atoms with Crippen molar-refractivity contribution in [2.45, 2.75) is 19.3 Å². The number of nitrogens with two attached hydrogens (primary N) is 1. The van der Waals surface area contributed by atoms with E-state index in [9.17, 15) is 4.79 Å². The van der Waals surface area contributed by atoms with Crippen LogP contribution in [0.4, 0.5) is 5.69 Å². The largest absolute Gasteiger partial charge is 0.329 e. The van der Waals surface area contributed by atoms with Gasteiger partial charge in [-0.25, -0.2) is 0 Å². The molecule has 0 aliphatic heterocycles. The molecule has 1 aliphatic rings. The Balaban J connectivity index is 2.10. The second kappa shape index (κ2) is 4.51. The zero-order chi connectivity index (χ0) is 11.6. The first-order valence-electron chi connectivity index (χ1n) is 5.29. The molecule has 2 rings (SSSR count). The summed E-state index contributed by atoms with van der Waals surface area (Å²) in [6.07, 6.45) is 6.17. The monoisotopic (exact) mass is 283 g/mol. The van der Waals surface area contributed by atoms with Gasteiger partial charge in [0.2, 0.25) is 5.91 Å². The van der Waals surface area contributed by atoms with E-state index in [2.05, 4.69) is 26.2 Å². The van der Waals surface area contributed by atoms with Gasteiger partial charge in [0.1, 0.15) is 0 Å². The van der Waals surface area contributed by atoms with E-state index < -0.39 is 0 Å². The summed E-state index contributed by atoms with van der Waals surface area (Å²) < 4.78 is 0.787. The van der Waals surface area contributed by atoms with Gasteiger partial charge in [-0.3, -0.25) is 9.78 Å². The highest BCUT2D eigenvalue weighted by molar-refractivity contribution is 9.10. The highest BCUT2D eigenvalue weighted by Gasteiger charge is 2.42. The fourth-order valence-electron chi connectivity index (χ4n) is 1.86. The number of carbonyl (C=O) groups is 1. The van der Waals surface area contributed by atoms with Gasteiger partial charge in [-0.1, -0.05) is 6.42 Å². The zero-order valence-corrected chi connectivity index (χ0v) is 10.5. The highest BCUT2D eigenvalue weighted by atomic mass is 79.9. The molecule has 1 fully saturated rings. The maximum absolute atomic E-state index is 12.1. The number of carbonyl (C=O) groups excluding carboxylic acids is 1. The van der Waals surface area contributed by atoms with E-state index in [1.54, 1.807) is 18.5 Å². The molecule has 0 radical (unpaired) electrons. The molecule has 0 atom stereocenters. The van der Waals surface area contributed by atoms with Gasteiger partial charge in [0, 0.05) is 18.9 Å². The van der Waals surface area contributed by atoms with Crippen molar-refractivity contribution >= 4 is 27.5 Å². The second-order valence-electron chi connectivity index (χ2n) is 4.15. The standard InChI is InChI=1S/C11H14BrN3O/c12-8-6-14-5-2-9(8)15-10(16)11(7-13)3-1-4-11/h2,5-6H,1,3-4,7,13H2,(H,14,15,16). The lowest BCUT2D eigenvalue weighted by atomic mass is 9.68. The van der Waals surface area contributed by atoms with Gasteiger partial charge < -0.3 is 11.1 Å². The molecule has 0 bridgehead atoms. The van der Waals surface area contributed by atoms with Crippen molar-refractivity contribution < 1.29 is 4.79 Å². The molecule has 16 heavy (non-hydrogen) atoms. The molecule has 1 heterocycles. The normalized spacial score (nSPS) is 17.6. The molecular formula is C11H14BrN3O. The Morgan fingerprint density at radius 3 is 2.88 bits per heavy atom. The molecule has 3 N–H and O–H groups in total. The average Bonchev–Trinajstić information content (AvgIpc) is 2.21. The van der Waals surface area contributed by atoms with Crippen LogP contribution < -0.4 is 11.1 Å². The van der Waals surface area contributed by atoms with E-state index in [0.29, 0.717) is 6.54 Å². The van der Waals surface area contributed by atoms with Crippen molar-refractivity contribution in [2.24, 2.45) is 11.1 Å². The van der Waals surface area contributed by atoms with Crippen molar-refractivity contribution in [1.29, 1.82) is 0 Å². The predicted molar refractivity (Wildman–Crippen MR) is 65.9 cm³/mol. The maximum atomic E-state index is 12.1. The Morgan fingerprint density at radius 2 is 2.38 bits per heavy atom. The molecule has 1 saturated carbocycles. The quantitative estimate of drug-likeness (QED) is 0.891. The summed E-state index contributed by atoms with van der Waals surface area (Å²) >= 11 is 3.34. The lowest BCUT2D eigenvalue weighted by Crippen LogP contribution is -2.47. The first-order chi connectivity index (χ1) is 7.68. The number of aromatic nitrogens is 1. The van der Waals surface area contributed by atoms with Crippen LogP contribution in [0, 0.1) is 5.41 Å². The number of pyridine rings is 1. The summed E-state index contributed by atoms with van der Waals surface area (Å²) in [5, 5.41) is 2.90. The fourth-order valence-corrected chi connectivity index (χ4v) is 2.21. The van der Waals surface area contributed by atoms with Gasteiger partial charge in [-0.2, -0.15) is 0 Å². The van der Waals surface area contributed by atoms with E-state index >= 15 is 0 Å². The Bertz CT molecular complexity index is 398. The van der Waals surface area contributed by atoms with E-state index in [-0.39, 0.29) is 11.3 Å². The molecule has 0 aromatic carbocycles. The van der Waals surface area contributed by atoms with Crippen molar-refractivity contribution in [3.05, 3.63) is 22.9 Å². The Kier molecular flexibility index (Phi) is 3.25. The van der Waals surface area contributed by atoms with Crippen LogP contribution in [0.3, 0.4) is 0 Å². The van der Waals surface area contributed by atoms with Crippen molar-refractivity contribution in [2.75, 3.05) is 11.9 Å². The molecule has 1 aromatic heterocycles. The number of nitrogens with zero attached hydrogens (tertiary/aromatic N) is 1. The summed E-state index contributed by atoms with van der Waals surface area (Å²) in [7, 11) is 0. The maximum Gasteiger partial charge on any atom is 0.231 e. The highest BCUT2D eigenvalue weighted by Crippen LogP contribution is 2.41. The van der Waals surface area contributed by atoms with Gasteiger partial charge >= 0.3 is 0 Å².